The van der Waals surface area contributed by atoms with Crippen molar-refractivity contribution in [2.24, 2.45) is 5.41 Å². The minimum atomic E-state index is -1.65. The van der Waals surface area contributed by atoms with E-state index in [-0.39, 0.29) is 5.41 Å². The van der Waals surface area contributed by atoms with Gasteiger partial charge in [-0.05, 0) is 0 Å². The van der Waals surface area contributed by atoms with Gasteiger partial charge < -0.3 is 0 Å². The minimum absolute atomic E-state index is 0.185. The average molecular weight is 256 g/mol. The molecule has 3 aliphatic rings. The van der Waals surface area contributed by atoms with Crippen molar-refractivity contribution in [1.29, 1.82) is 5.26 Å². The van der Waals surface area contributed by atoms with Crippen LogP contribution >= 0.6 is 0 Å². The molecule has 0 spiro atoms. The number of hydrogen-bond acceptors (Lipinski definition) is 1. The third-order valence-electron chi connectivity index (χ3n) is 3.86. The van der Waals surface area contributed by atoms with Crippen LogP contribution in [0.5, 0.6) is 0 Å². The Labute approximate surface area is 72.7 Å². The van der Waals surface area contributed by atoms with Crippen molar-refractivity contribution in [3.8, 4) is 6.07 Å². The predicted octanol–water partition coefficient (Wildman–Crippen LogP) is 2.77. The fourth-order valence-electron chi connectivity index (χ4n) is 2.70. The first-order valence-corrected chi connectivity index (χ1v) is 14.3. The van der Waals surface area contributed by atoms with Crippen LogP contribution in [-0.4, -0.2) is 18.4 Å². The van der Waals surface area contributed by atoms with Gasteiger partial charge >= 0.3 is 72.6 Å². The van der Waals surface area contributed by atoms with Gasteiger partial charge in [-0.3, -0.25) is 0 Å². The molecule has 2 bridgehead atoms. The first-order chi connectivity index (χ1) is 4.93. The summed E-state index contributed by atoms with van der Waals surface area (Å²) in [5, 5.41) is 8.84. The van der Waals surface area contributed by atoms with E-state index in [0.717, 1.165) is 3.43 Å². The normalized spacial score (nSPS) is 47.1. The van der Waals surface area contributed by atoms with Crippen molar-refractivity contribution in [3.05, 3.63) is 0 Å². The average Bonchev–Trinajstić information content (AvgIpc) is 1.53. The first-order valence-electron chi connectivity index (χ1n) is 4.34. The Morgan fingerprint density at radius 1 is 1.18 bits per heavy atom. The van der Waals surface area contributed by atoms with Crippen LogP contribution in [-0.2, 0) is 0 Å². The molecule has 3 rings (SSSR count). The molecule has 0 amide bonds. The molecule has 1 nitrogen and oxygen atoms in total. The zero-order chi connectivity index (χ0) is 8.33. The molecule has 0 saturated heterocycles. The molecule has 2 heteroatoms. The Morgan fingerprint density at radius 3 is 1.91 bits per heavy atom. The maximum absolute atomic E-state index is 8.84. The van der Waals surface area contributed by atoms with Gasteiger partial charge in [0, 0.05) is 0 Å². The zero-order valence-electron chi connectivity index (χ0n) is 7.57. The van der Waals surface area contributed by atoms with Crippen molar-refractivity contribution < 1.29 is 0 Å². The van der Waals surface area contributed by atoms with Gasteiger partial charge in [0.05, 0.1) is 0 Å². The molecule has 0 aromatic heterocycles. The number of nitriles is 1. The van der Waals surface area contributed by atoms with E-state index in [0.29, 0.717) is 0 Å². The molecule has 0 radical (unpaired) electrons. The number of rotatable bonds is 1. The van der Waals surface area contributed by atoms with Crippen LogP contribution in [0.3, 0.4) is 0 Å². The summed E-state index contributed by atoms with van der Waals surface area (Å²) in [5.74, 6) is 0. The van der Waals surface area contributed by atoms with Gasteiger partial charge in [0.25, 0.3) is 0 Å². The third kappa shape index (κ3) is 0.770. The summed E-state index contributed by atoms with van der Waals surface area (Å²) in [7, 11) is 0. The second-order valence-corrected chi connectivity index (χ2v) is 21.3. The number of hydrogen-bond donors (Lipinski definition) is 0. The summed E-state index contributed by atoms with van der Waals surface area (Å²) < 4.78 is 0.754. The second-order valence-electron chi connectivity index (χ2n) is 5.45. The standard InChI is InChI=1S/C6H6N.3CH3.Sn/c7-4-6-1-5(2-6)3-6;;;;/h1-3H2;3*1H3;. The zero-order valence-corrected chi connectivity index (χ0v) is 10.4. The van der Waals surface area contributed by atoms with Crippen LogP contribution in [0.4, 0.5) is 0 Å². The van der Waals surface area contributed by atoms with Crippen LogP contribution in [0, 0.1) is 16.7 Å². The molecule has 0 atom stereocenters. The van der Waals surface area contributed by atoms with Crippen LogP contribution in [0.25, 0.3) is 0 Å². The summed E-state index contributed by atoms with van der Waals surface area (Å²) in [4.78, 5) is 7.53. The molecule has 0 N–H and O–H groups in total. The van der Waals surface area contributed by atoms with Gasteiger partial charge in [-0.25, -0.2) is 0 Å². The topological polar surface area (TPSA) is 23.8 Å². The summed E-state index contributed by atoms with van der Waals surface area (Å²) >= 11 is -1.65. The first kappa shape index (κ1) is 7.91. The van der Waals surface area contributed by atoms with Gasteiger partial charge in [0.15, 0.2) is 0 Å². The van der Waals surface area contributed by atoms with Gasteiger partial charge in [-0.2, -0.15) is 0 Å². The Kier molecular flexibility index (Phi) is 1.29. The van der Waals surface area contributed by atoms with E-state index >= 15 is 0 Å². The molecule has 0 aliphatic heterocycles. The Morgan fingerprint density at radius 2 is 1.64 bits per heavy atom. The van der Waals surface area contributed by atoms with Crippen molar-refractivity contribution in [1.82, 2.24) is 0 Å². The van der Waals surface area contributed by atoms with E-state index in [4.69, 9.17) is 5.26 Å². The van der Waals surface area contributed by atoms with Crippen molar-refractivity contribution in [2.75, 3.05) is 0 Å². The Hall–Kier alpha value is 0.289. The maximum atomic E-state index is 8.84. The van der Waals surface area contributed by atoms with E-state index in [2.05, 4.69) is 20.9 Å². The fourth-order valence-corrected chi connectivity index (χ4v) is 10.1. The van der Waals surface area contributed by atoms with Crippen LogP contribution in [0.2, 0.25) is 18.2 Å². The van der Waals surface area contributed by atoms with Gasteiger partial charge in [-0.15, -0.1) is 0 Å². The Bertz CT molecular complexity index is 223. The summed E-state index contributed by atoms with van der Waals surface area (Å²) in [6, 6.07) is 2.47. The molecule has 0 aromatic carbocycles. The van der Waals surface area contributed by atoms with E-state index in [1.807, 2.05) is 0 Å². The predicted molar refractivity (Wildman–Crippen MR) is 47.9 cm³/mol. The van der Waals surface area contributed by atoms with Crippen LogP contribution in [0.1, 0.15) is 19.3 Å². The summed E-state index contributed by atoms with van der Waals surface area (Å²) in [5.41, 5.74) is 0.185. The molecule has 3 saturated carbocycles. The molecular weight excluding hydrogens is 241 g/mol. The SMILES string of the molecule is [CH3][Sn]([CH3])([CH3])[C]12CC(C#N)(C1)C2. The molecular formula is C9H15NSn. The van der Waals surface area contributed by atoms with E-state index in [9.17, 15) is 0 Å². The van der Waals surface area contributed by atoms with Crippen LogP contribution < -0.4 is 0 Å². The number of nitrogens with zero attached hydrogens (tertiary/aromatic N) is 1. The van der Waals surface area contributed by atoms with Crippen molar-refractivity contribution >= 4 is 18.4 Å². The quantitative estimate of drug-likeness (QED) is 0.661. The molecule has 11 heavy (non-hydrogen) atoms. The third-order valence-corrected chi connectivity index (χ3v) is 14.5. The molecule has 3 aliphatic carbocycles. The molecule has 0 heterocycles. The Balaban J connectivity index is 2.12. The van der Waals surface area contributed by atoms with Crippen molar-refractivity contribution in [3.63, 3.8) is 0 Å². The molecule has 60 valence electrons. The summed E-state index contributed by atoms with van der Waals surface area (Å²) in [6.45, 7) is 0. The van der Waals surface area contributed by atoms with Gasteiger partial charge in [0.1, 0.15) is 0 Å². The van der Waals surface area contributed by atoms with E-state index in [1.54, 1.807) is 0 Å². The fraction of sp³-hybridized carbons (Fsp3) is 0.889. The van der Waals surface area contributed by atoms with Crippen molar-refractivity contribution in [2.45, 2.75) is 37.5 Å². The van der Waals surface area contributed by atoms with Crippen LogP contribution in [0.15, 0.2) is 0 Å². The van der Waals surface area contributed by atoms with Gasteiger partial charge in [-0.1, -0.05) is 0 Å². The van der Waals surface area contributed by atoms with E-state index in [1.165, 1.54) is 19.3 Å². The molecule has 0 aromatic rings. The van der Waals surface area contributed by atoms with E-state index < -0.39 is 18.4 Å². The molecule has 0 unspecified atom stereocenters. The summed E-state index contributed by atoms with van der Waals surface area (Å²) in [6.07, 6.45) is 3.78. The molecule has 3 fully saturated rings. The van der Waals surface area contributed by atoms with Gasteiger partial charge in [0.2, 0.25) is 0 Å². The second kappa shape index (κ2) is 1.79. The monoisotopic (exact) mass is 257 g/mol.